The number of amides is 1. The lowest BCUT2D eigenvalue weighted by Gasteiger charge is -2.05. The van der Waals surface area contributed by atoms with Gasteiger partial charge in [0.05, 0.1) is 23.1 Å². The molecule has 2 N–H and O–H groups in total. The van der Waals surface area contributed by atoms with Gasteiger partial charge in [0.15, 0.2) is 0 Å². The predicted molar refractivity (Wildman–Crippen MR) is 120 cm³/mol. The van der Waals surface area contributed by atoms with Gasteiger partial charge in [0.2, 0.25) is 0 Å². The molecule has 1 amide bonds. The van der Waals surface area contributed by atoms with Gasteiger partial charge in [0, 0.05) is 27.6 Å². The van der Waals surface area contributed by atoms with Gasteiger partial charge < -0.3 is 5.32 Å². The molecule has 6 nitrogen and oxygen atoms in total. The summed E-state index contributed by atoms with van der Waals surface area (Å²) in [7, 11) is 0. The first-order valence-corrected chi connectivity index (χ1v) is 10.2. The van der Waals surface area contributed by atoms with Gasteiger partial charge in [0.25, 0.3) is 5.91 Å². The Morgan fingerprint density at radius 2 is 1.83 bits per heavy atom. The van der Waals surface area contributed by atoms with Gasteiger partial charge in [-0.25, -0.2) is 4.98 Å². The zero-order valence-corrected chi connectivity index (χ0v) is 16.9. The number of nitrogens with zero attached hydrogens (tertiary/aromatic N) is 3. The molecule has 0 aliphatic carbocycles. The van der Waals surface area contributed by atoms with E-state index in [9.17, 15) is 4.79 Å². The van der Waals surface area contributed by atoms with Gasteiger partial charge in [-0.2, -0.15) is 5.10 Å². The van der Waals surface area contributed by atoms with E-state index in [1.54, 1.807) is 35.9 Å². The maximum absolute atomic E-state index is 12.4. The molecule has 3 aromatic heterocycles. The number of anilines is 1. The molecule has 3 heterocycles. The minimum Gasteiger partial charge on any atom is -0.321 e. The number of benzene rings is 2. The zero-order valence-electron chi connectivity index (χ0n) is 16.1. The highest BCUT2D eigenvalue weighted by molar-refractivity contribution is 7.15. The molecule has 0 radical (unpaired) electrons. The molecule has 0 fully saturated rings. The third-order valence-electron chi connectivity index (χ3n) is 4.81. The second kappa shape index (κ2) is 7.53. The number of hydrogen-bond acceptors (Lipinski definition) is 5. The van der Waals surface area contributed by atoms with Crippen LogP contribution in [0.1, 0.15) is 15.2 Å². The van der Waals surface area contributed by atoms with Crippen molar-refractivity contribution in [3.05, 3.63) is 83.5 Å². The summed E-state index contributed by atoms with van der Waals surface area (Å²) in [5.41, 5.74) is 4.96. The highest BCUT2D eigenvalue weighted by Crippen LogP contribution is 2.35. The topological polar surface area (TPSA) is 83.6 Å². The van der Waals surface area contributed by atoms with Crippen molar-refractivity contribution in [1.82, 2.24) is 20.2 Å². The highest BCUT2D eigenvalue weighted by Gasteiger charge is 2.16. The predicted octanol–water partition coefficient (Wildman–Crippen LogP) is 5.31. The number of H-pyrrole nitrogens is 1. The van der Waals surface area contributed by atoms with Gasteiger partial charge >= 0.3 is 0 Å². The van der Waals surface area contributed by atoms with Crippen LogP contribution >= 0.6 is 11.3 Å². The van der Waals surface area contributed by atoms with E-state index < -0.39 is 0 Å². The van der Waals surface area contributed by atoms with Crippen molar-refractivity contribution in [3.63, 3.8) is 0 Å². The molecule has 30 heavy (non-hydrogen) atoms. The number of thiazole rings is 1. The number of rotatable bonds is 4. The summed E-state index contributed by atoms with van der Waals surface area (Å²) in [6.45, 7) is 2.05. The smallest absolute Gasteiger partial charge is 0.255 e. The molecular weight excluding hydrogens is 394 g/mol. The number of aromatic nitrogens is 4. The summed E-state index contributed by atoms with van der Waals surface area (Å²) in [5.74, 6) is -0.173. The molecule has 5 rings (SSSR count). The van der Waals surface area contributed by atoms with Crippen LogP contribution in [0.3, 0.4) is 0 Å². The first-order chi connectivity index (χ1) is 14.7. The number of nitrogens with one attached hydrogen (secondary N) is 2. The zero-order chi connectivity index (χ0) is 20.5. The molecule has 0 saturated heterocycles. The van der Waals surface area contributed by atoms with E-state index in [2.05, 4.69) is 20.5 Å². The molecule has 0 aliphatic rings. The number of pyridine rings is 1. The highest BCUT2D eigenvalue weighted by atomic mass is 32.1. The molecule has 0 spiro atoms. The molecular formula is C23H17N5OS. The second-order valence-electron chi connectivity index (χ2n) is 6.81. The largest absolute Gasteiger partial charge is 0.321 e. The number of aromatic amines is 1. The number of carbonyl (C=O) groups is 1. The summed E-state index contributed by atoms with van der Waals surface area (Å²) >= 11 is 1.61. The van der Waals surface area contributed by atoms with Crippen LogP contribution in [-0.4, -0.2) is 26.1 Å². The number of carbonyl (C=O) groups excluding carboxylic acids is 1. The van der Waals surface area contributed by atoms with Crippen LogP contribution in [0.15, 0.2) is 73.1 Å². The maximum atomic E-state index is 12.4. The first-order valence-electron chi connectivity index (χ1n) is 9.42. The lowest BCUT2D eigenvalue weighted by atomic mass is 10.1. The van der Waals surface area contributed by atoms with Crippen molar-refractivity contribution in [1.29, 1.82) is 0 Å². The Bertz CT molecular complexity index is 1340. The van der Waals surface area contributed by atoms with Crippen molar-refractivity contribution >= 4 is 33.8 Å². The molecule has 0 aliphatic heterocycles. The Morgan fingerprint density at radius 1 is 1.00 bits per heavy atom. The Kier molecular flexibility index (Phi) is 4.57. The monoisotopic (exact) mass is 411 g/mol. The van der Waals surface area contributed by atoms with E-state index in [4.69, 9.17) is 4.98 Å². The van der Waals surface area contributed by atoms with Crippen molar-refractivity contribution in [2.24, 2.45) is 0 Å². The lowest BCUT2D eigenvalue weighted by molar-refractivity contribution is 0.102. The van der Waals surface area contributed by atoms with E-state index in [1.807, 2.05) is 55.5 Å². The van der Waals surface area contributed by atoms with Gasteiger partial charge in [-0.3, -0.25) is 14.9 Å². The third-order valence-corrected chi connectivity index (χ3v) is 5.79. The van der Waals surface area contributed by atoms with Crippen LogP contribution < -0.4 is 5.32 Å². The minimum absolute atomic E-state index is 0.173. The average Bonchev–Trinajstić information content (AvgIpc) is 3.38. The van der Waals surface area contributed by atoms with Crippen molar-refractivity contribution in [2.75, 3.05) is 5.32 Å². The van der Waals surface area contributed by atoms with Crippen LogP contribution in [0.5, 0.6) is 0 Å². The molecule has 2 aromatic carbocycles. The summed E-state index contributed by atoms with van der Waals surface area (Å²) in [4.78, 5) is 22.4. The Hall–Kier alpha value is -3.84. The molecule has 5 aromatic rings. The molecule has 0 saturated carbocycles. The van der Waals surface area contributed by atoms with Crippen LogP contribution in [0.4, 0.5) is 5.69 Å². The molecule has 146 valence electrons. The standard InChI is InChI=1S/C23H17N5OS/c1-14-20(26-23(30-14)21-18-6-2-3-7-19(18)27-28-21)15-8-10-16(11-9-15)22(29)25-17-5-4-12-24-13-17/h2-13H,1H3,(H,25,29)(H,27,28). The molecule has 0 unspecified atom stereocenters. The normalized spacial score (nSPS) is 11.0. The fourth-order valence-corrected chi connectivity index (χ4v) is 4.25. The van der Waals surface area contributed by atoms with Crippen LogP contribution in [0.2, 0.25) is 0 Å². The van der Waals surface area contributed by atoms with Gasteiger partial charge in [-0.05, 0) is 37.3 Å². The fourth-order valence-electron chi connectivity index (χ4n) is 3.31. The third kappa shape index (κ3) is 3.35. The summed E-state index contributed by atoms with van der Waals surface area (Å²) in [5, 5.41) is 12.3. The Balaban J connectivity index is 1.42. The number of hydrogen-bond donors (Lipinski definition) is 2. The molecule has 7 heteroatoms. The SMILES string of the molecule is Cc1sc(-c2n[nH]c3ccccc23)nc1-c1ccc(C(=O)Nc2cccnc2)cc1. The van der Waals surface area contributed by atoms with E-state index in [0.717, 1.165) is 37.7 Å². The minimum atomic E-state index is -0.173. The van der Waals surface area contributed by atoms with Crippen LogP contribution in [0.25, 0.3) is 32.9 Å². The van der Waals surface area contributed by atoms with E-state index in [0.29, 0.717) is 11.3 Å². The van der Waals surface area contributed by atoms with E-state index in [1.165, 1.54) is 0 Å². The van der Waals surface area contributed by atoms with Gasteiger partial charge in [-0.15, -0.1) is 11.3 Å². The maximum Gasteiger partial charge on any atom is 0.255 e. The van der Waals surface area contributed by atoms with Crippen molar-refractivity contribution < 1.29 is 4.79 Å². The average molecular weight is 411 g/mol. The van der Waals surface area contributed by atoms with E-state index >= 15 is 0 Å². The quantitative estimate of drug-likeness (QED) is 0.420. The second-order valence-corrected chi connectivity index (χ2v) is 8.02. The first kappa shape index (κ1) is 18.2. The molecule has 0 bridgehead atoms. The van der Waals surface area contributed by atoms with Gasteiger partial charge in [-0.1, -0.05) is 30.3 Å². The summed E-state index contributed by atoms with van der Waals surface area (Å²) in [6.07, 6.45) is 3.28. The number of para-hydroxylation sites is 1. The lowest BCUT2D eigenvalue weighted by Crippen LogP contribution is -2.11. The van der Waals surface area contributed by atoms with Gasteiger partial charge in [0.1, 0.15) is 10.7 Å². The summed E-state index contributed by atoms with van der Waals surface area (Å²) < 4.78 is 0. The van der Waals surface area contributed by atoms with Crippen LogP contribution in [0, 0.1) is 6.92 Å². The Morgan fingerprint density at radius 3 is 2.63 bits per heavy atom. The van der Waals surface area contributed by atoms with E-state index in [-0.39, 0.29) is 5.91 Å². The molecule has 0 atom stereocenters. The van der Waals surface area contributed by atoms with Crippen molar-refractivity contribution in [3.8, 4) is 22.0 Å². The fraction of sp³-hybridized carbons (Fsp3) is 0.0435. The Labute approximate surface area is 176 Å². The number of aryl methyl sites for hydroxylation is 1. The number of fused-ring (bicyclic) bond motifs is 1. The van der Waals surface area contributed by atoms with Crippen LogP contribution in [-0.2, 0) is 0 Å². The van der Waals surface area contributed by atoms with Crippen molar-refractivity contribution in [2.45, 2.75) is 6.92 Å². The summed E-state index contributed by atoms with van der Waals surface area (Å²) in [6, 6.07) is 19.1.